The summed E-state index contributed by atoms with van der Waals surface area (Å²) in [5.74, 6) is 0. The largest absolute Gasteiger partial charge is 0.311 e. The van der Waals surface area contributed by atoms with E-state index in [9.17, 15) is 0 Å². The molecule has 0 aliphatic carbocycles. The second-order valence-corrected chi connectivity index (χ2v) is 5.28. The van der Waals surface area contributed by atoms with Crippen molar-refractivity contribution in [3.8, 4) is 0 Å². The van der Waals surface area contributed by atoms with Crippen molar-refractivity contribution in [1.82, 2.24) is 5.32 Å². The van der Waals surface area contributed by atoms with E-state index in [4.69, 9.17) is 23.2 Å². The third-order valence-electron chi connectivity index (χ3n) is 3.06. The molecule has 1 nitrogen and oxygen atoms in total. The fourth-order valence-electron chi connectivity index (χ4n) is 2.08. The minimum atomic E-state index is 0.465. The molecule has 2 rings (SSSR count). The molecule has 1 fully saturated rings. The van der Waals surface area contributed by atoms with Gasteiger partial charge in [0.25, 0.3) is 0 Å². The summed E-state index contributed by atoms with van der Waals surface area (Å²) in [6.07, 6.45) is 9.37. The standard InChI is InChI=1S/C14H17Cl2N/c15-12-6-8-14(16)11(10-12)5-7-13-4-2-1-3-9-17-13/h5-8,10,13,17H,1-4,9H2/b7-5+. The molecule has 3 heteroatoms. The molecule has 0 bridgehead atoms. The lowest BCUT2D eigenvalue weighted by Crippen LogP contribution is -2.25. The maximum absolute atomic E-state index is 6.12. The Labute approximate surface area is 113 Å². The second-order valence-electron chi connectivity index (χ2n) is 4.43. The van der Waals surface area contributed by atoms with Gasteiger partial charge >= 0.3 is 0 Å². The molecule has 0 saturated carbocycles. The number of benzene rings is 1. The first-order valence-electron chi connectivity index (χ1n) is 6.12. The Hall–Kier alpha value is -0.500. The van der Waals surface area contributed by atoms with Crippen LogP contribution < -0.4 is 5.32 Å². The predicted molar refractivity (Wildman–Crippen MR) is 75.8 cm³/mol. The summed E-state index contributed by atoms with van der Waals surface area (Å²) in [4.78, 5) is 0. The highest BCUT2D eigenvalue weighted by atomic mass is 35.5. The van der Waals surface area contributed by atoms with Gasteiger partial charge in [-0.05, 0) is 43.1 Å². The lowest BCUT2D eigenvalue weighted by atomic mass is 10.1. The smallest absolute Gasteiger partial charge is 0.0479 e. The van der Waals surface area contributed by atoms with Crippen molar-refractivity contribution in [2.24, 2.45) is 0 Å². The van der Waals surface area contributed by atoms with Crippen molar-refractivity contribution in [3.63, 3.8) is 0 Å². The summed E-state index contributed by atoms with van der Waals surface area (Å²) in [6, 6.07) is 6.01. The van der Waals surface area contributed by atoms with Gasteiger partial charge in [-0.15, -0.1) is 0 Å². The summed E-state index contributed by atoms with van der Waals surface area (Å²) in [5.41, 5.74) is 0.991. The van der Waals surface area contributed by atoms with E-state index in [0.717, 1.165) is 22.2 Å². The number of halogens is 2. The average molecular weight is 270 g/mol. The molecule has 92 valence electrons. The minimum absolute atomic E-state index is 0.465. The maximum Gasteiger partial charge on any atom is 0.0479 e. The monoisotopic (exact) mass is 269 g/mol. The van der Waals surface area contributed by atoms with Crippen LogP contribution in [0.2, 0.25) is 10.0 Å². The van der Waals surface area contributed by atoms with Crippen molar-refractivity contribution < 1.29 is 0 Å². The van der Waals surface area contributed by atoms with Crippen molar-refractivity contribution in [2.75, 3.05) is 6.54 Å². The van der Waals surface area contributed by atoms with Crippen molar-refractivity contribution in [2.45, 2.75) is 31.7 Å². The van der Waals surface area contributed by atoms with Gasteiger partial charge in [-0.25, -0.2) is 0 Å². The number of nitrogens with one attached hydrogen (secondary N) is 1. The van der Waals surface area contributed by atoms with Crippen LogP contribution in [0.4, 0.5) is 0 Å². The Morgan fingerprint density at radius 2 is 2.06 bits per heavy atom. The normalized spacial score (nSPS) is 21.6. The van der Waals surface area contributed by atoms with Crippen molar-refractivity contribution in [1.29, 1.82) is 0 Å². The minimum Gasteiger partial charge on any atom is -0.311 e. The van der Waals surface area contributed by atoms with Crippen LogP contribution in [0, 0.1) is 0 Å². The fourth-order valence-corrected chi connectivity index (χ4v) is 2.44. The molecular formula is C14H17Cl2N. The zero-order chi connectivity index (χ0) is 12.1. The first kappa shape index (κ1) is 12.9. The highest BCUT2D eigenvalue weighted by Gasteiger charge is 2.07. The highest BCUT2D eigenvalue weighted by Crippen LogP contribution is 2.22. The highest BCUT2D eigenvalue weighted by molar-refractivity contribution is 6.34. The van der Waals surface area contributed by atoms with Gasteiger partial charge in [-0.1, -0.05) is 48.2 Å². The number of hydrogen-bond donors (Lipinski definition) is 1. The predicted octanol–water partition coefficient (Wildman–Crippen LogP) is 4.54. The average Bonchev–Trinajstić information content (AvgIpc) is 2.59. The molecule has 17 heavy (non-hydrogen) atoms. The zero-order valence-electron chi connectivity index (χ0n) is 9.76. The third kappa shape index (κ3) is 4.02. The molecule has 1 aromatic rings. The first-order valence-corrected chi connectivity index (χ1v) is 6.88. The Morgan fingerprint density at radius 1 is 1.18 bits per heavy atom. The Morgan fingerprint density at radius 3 is 2.94 bits per heavy atom. The SMILES string of the molecule is Clc1ccc(Cl)c(/C=C/C2CCCCCN2)c1. The van der Waals surface area contributed by atoms with Crippen LogP contribution in [0.1, 0.15) is 31.2 Å². The van der Waals surface area contributed by atoms with E-state index in [0.29, 0.717) is 6.04 Å². The summed E-state index contributed by atoms with van der Waals surface area (Å²) >= 11 is 12.1. The molecule has 1 atom stereocenters. The van der Waals surface area contributed by atoms with E-state index in [1.165, 1.54) is 25.7 Å². The van der Waals surface area contributed by atoms with Crippen LogP contribution in [0.15, 0.2) is 24.3 Å². The van der Waals surface area contributed by atoms with E-state index < -0.39 is 0 Å². The zero-order valence-corrected chi connectivity index (χ0v) is 11.3. The first-order chi connectivity index (χ1) is 8.25. The molecule has 0 radical (unpaired) electrons. The van der Waals surface area contributed by atoms with E-state index >= 15 is 0 Å². The van der Waals surface area contributed by atoms with Gasteiger partial charge in [0.1, 0.15) is 0 Å². The molecule has 0 spiro atoms. The van der Waals surface area contributed by atoms with Crippen molar-refractivity contribution in [3.05, 3.63) is 39.9 Å². The van der Waals surface area contributed by atoms with Gasteiger partial charge in [-0.2, -0.15) is 0 Å². The van der Waals surface area contributed by atoms with Gasteiger partial charge < -0.3 is 5.32 Å². The number of hydrogen-bond acceptors (Lipinski definition) is 1. The van der Waals surface area contributed by atoms with Gasteiger partial charge in [-0.3, -0.25) is 0 Å². The molecule has 1 aliphatic heterocycles. The molecule has 0 amide bonds. The van der Waals surface area contributed by atoms with E-state index in [-0.39, 0.29) is 0 Å². The summed E-state index contributed by atoms with van der Waals surface area (Å²) in [7, 11) is 0. The molecule has 0 aromatic heterocycles. The van der Waals surface area contributed by atoms with Gasteiger partial charge in [0.05, 0.1) is 0 Å². The Balaban J connectivity index is 2.05. The Kier molecular flexibility index (Phi) is 4.90. The molecule has 1 aromatic carbocycles. The molecule has 1 heterocycles. The summed E-state index contributed by atoms with van der Waals surface area (Å²) < 4.78 is 0. The number of rotatable bonds is 2. The van der Waals surface area contributed by atoms with Gasteiger partial charge in [0, 0.05) is 16.1 Å². The van der Waals surface area contributed by atoms with E-state index in [1.54, 1.807) is 0 Å². The Bertz CT molecular complexity index is 393. The lowest BCUT2D eigenvalue weighted by Gasteiger charge is -2.10. The van der Waals surface area contributed by atoms with E-state index in [1.807, 2.05) is 18.2 Å². The molecule has 1 saturated heterocycles. The van der Waals surface area contributed by atoms with Gasteiger partial charge in [0.15, 0.2) is 0 Å². The van der Waals surface area contributed by atoms with Crippen LogP contribution in [-0.4, -0.2) is 12.6 Å². The van der Waals surface area contributed by atoms with E-state index in [2.05, 4.69) is 17.5 Å². The second kappa shape index (κ2) is 6.44. The van der Waals surface area contributed by atoms with Crippen molar-refractivity contribution >= 4 is 29.3 Å². The molecule has 1 aliphatic rings. The van der Waals surface area contributed by atoms with Crippen LogP contribution in [0.3, 0.4) is 0 Å². The lowest BCUT2D eigenvalue weighted by molar-refractivity contribution is 0.599. The summed E-state index contributed by atoms with van der Waals surface area (Å²) in [5, 5.41) is 5.00. The maximum atomic E-state index is 6.12. The topological polar surface area (TPSA) is 12.0 Å². The fraction of sp³-hybridized carbons (Fsp3) is 0.429. The van der Waals surface area contributed by atoms with Gasteiger partial charge in [0.2, 0.25) is 0 Å². The van der Waals surface area contributed by atoms with Crippen LogP contribution in [-0.2, 0) is 0 Å². The molecule has 1 unspecified atom stereocenters. The molecule has 1 N–H and O–H groups in total. The molecular weight excluding hydrogens is 253 g/mol. The quantitative estimate of drug-likeness (QED) is 0.832. The van der Waals surface area contributed by atoms with Crippen LogP contribution >= 0.6 is 23.2 Å². The third-order valence-corrected chi connectivity index (χ3v) is 3.64. The van der Waals surface area contributed by atoms with Crippen LogP contribution in [0.5, 0.6) is 0 Å². The van der Waals surface area contributed by atoms with Crippen LogP contribution in [0.25, 0.3) is 6.08 Å². The summed E-state index contributed by atoms with van der Waals surface area (Å²) in [6.45, 7) is 1.11.